The molecular formula is C6H20O6Si7. The van der Waals surface area contributed by atoms with E-state index in [4.69, 9.17) is 24.7 Å². The second-order valence-corrected chi connectivity index (χ2v) is 16.3. The number of hydrogen-bond donors (Lipinski definition) is 0. The molecule has 13 heteroatoms. The Morgan fingerprint density at radius 2 is 1.21 bits per heavy atom. The SMILES string of the molecule is [SiH3]O[SiH2]O[SiH2]O[SiH2]O[SiH2]O[SiH2]O[SiH2]c1ccccc1. The summed E-state index contributed by atoms with van der Waals surface area (Å²) in [5.74, 6) is 0. The zero-order valence-corrected chi connectivity index (χ0v) is 21.6. The summed E-state index contributed by atoms with van der Waals surface area (Å²) in [6.45, 7) is 0. The Balaban J connectivity index is 1.79. The molecule has 1 aromatic rings. The van der Waals surface area contributed by atoms with Gasteiger partial charge in [0.2, 0.25) is 0 Å². The Kier molecular flexibility index (Phi) is 12.5. The highest BCUT2D eigenvalue weighted by Gasteiger charge is 1.95. The summed E-state index contributed by atoms with van der Waals surface area (Å²) in [6.07, 6.45) is 0. The van der Waals surface area contributed by atoms with E-state index in [2.05, 4.69) is 12.1 Å². The molecule has 0 heterocycles. The molecule has 0 radical (unpaired) electrons. The van der Waals surface area contributed by atoms with Crippen molar-refractivity contribution in [3.63, 3.8) is 0 Å². The molecule has 0 spiro atoms. The highest BCUT2D eigenvalue weighted by Crippen LogP contribution is 1.82. The molecule has 0 aromatic heterocycles. The van der Waals surface area contributed by atoms with Gasteiger partial charge in [-0.15, -0.1) is 0 Å². The molecule has 1 rings (SSSR count). The van der Waals surface area contributed by atoms with Crippen LogP contribution in [0.15, 0.2) is 30.3 Å². The predicted octanol–water partition coefficient (Wildman–Crippen LogP) is -6.23. The largest absolute Gasteiger partial charge is 0.449 e. The van der Waals surface area contributed by atoms with Gasteiger partial charge in [0, 0.05) is 0 Å². The Labute approximate surface area is 130 Å². The Bertz CT molecular complexity index is 305. The average molecular weight is 385 g/mol. The fourth-order valence-electron chi connectivity index (χ4n) is 1.19. The van der Waals surface area contributed by atoms with Crippen LogP contribution in [0.3, 0.4) is 0 Å². The van der Waals surface area contributed by atoms with Crippen molar-refractivity contribution in [1.82, 2.24) is 0 Å². The predicted molar refractivity (Wildman–Crippen MR) is 93.8 cm³/mol. The van der Waals surface area contributed by atoms with Gasteiger partial charge in [0.25, 0.3) is 50.0 Å². The molecule has 0 amide bonds. The number of hydrogen-bond acceptors (Lipinski definition) is 6. The fourth-order valence-corrected chi connectivity index (χ4v) is 12.3. The molecular weight excluding hydrogens is 365 g/mol. The van der Waals surface area contributed by atoms with Gasteiger partial charge in [0.1, 0.15) is 10.5 Å². The molecule has 0 aliphatic rings. The summed E-state index contributed by atoms with van der Waals surface area (Å²) < 4.78 is 32.1. The van der Waals surface area contributed by atoms with Crippen LogP contribution in [0.5, 0.6) is 0 Å². The van der Waals surface area contributed by atoms with E-state index in [1.54, 1.807) is 0 Å². The lowest BCUT2D eigenvalue weighted by molar-refractivity contribution is 0.379. The second kappa shape index (κ2) is 13.5. The molecule has 0 aliphatic carbocycles. The third-order valence-corrected chi connectivity index (χ3v) is 10.5. The van der Waals surface area contributed by atoms with Gasteiger partial charge in [-0.1, -0.05) is 30.3 Å². The maximum Gasteiger partial charge on any atom is 0.286 e. The van der Waals surface area contributed by atoms with E-state index < -0.39 is 59.8 Å². The Morgan fingerprint density at radius 1 is 0.684 bits per heavy atom. The second-order valence-electron chi connectivity index (χ2n) is 3.53. The Morgan fingerprint density at radius 3 is 1.79 bits per heavy atom. The number of benzene rings is 1. The third-order valence-electron chi connectivity index (χ3n) is 1.98. The molecule has 0 saturated heterocycles. The van der Waals surface area contributed by atoms with Crippen LogP contribution in [0.1, 0.15) is 0 Å². The van der Waals surface area contributed by atoms with Gasteiger partial charge in [-0.05, 0) is 5.19 Å². The zero-order valence-electron chi connectivity index (χ0n) is 11.1. The zero-order chi connectivity index (χ0) is 13.6. The van der Waals surface area contributed by atoms with Crippen molar-refractivity contribution in [2.24, 2.45) is 0 Å². The van der Waals surface area contributed by atoms with Gasteiger partial charge >= 0.3 is 0 Å². The molecule has 108 valence electrons. The number of rotatable bonds is 12. The minimum Gasteiger partial charge on any atom is -0.449 e. The summed E-state index contributed by atoms with van der Waals surface area (Å²) in [4.78, 5) is 0. The average Bonchev–Trinajstić information content (AvgIpc) is 2.46. The minimum atomic E-state index is -0.879. The molecule has 0 N–H and O–H groups in total. The highest BCUT2D eigenvalue weighted by molar-refractivity contribution is 6.54. The van der Waals surface area contributed by atoms with Gasteiger partial charge in [-0.2, -0.15) is 0 Å². The maximum atomic E-state index is 5.64. The van der Waals surface area contributed by atoms with Gasteiger partial charge in [-0.25, -0.2) is 0 Å². The lowest BCUT2D eigenvalue weighted by atomic mass is 10.4. The van der Waals surface area contributed by atoms with E-state index in [-0.39, 0.29) is 0 Å². The van der Waals surface area contributed by atoms with E-state index >= 15 is 0 Å². The van der Waals surface area contributed by atoms with E-state index in [1.165, 1.54) is 5.19 Å². The van der Waals surface area contributed by atoms with E-state index in [9.17, 15) is 0 Å². The molecule has 0 atom stereocenters. The summed E-state index contributed by atoms with van der Waals surface area (Å²) in [5, 5.41) is 1.31. The van der Waals surface area contributed by atoms with Crippen LogP contribution >= 0.6 is 0 Å². The quantitative estimate of drug-likeness (QED) is 0.264. The van der Waals surface area contributed by atoms with Crippen molar-refractivity contribution in [3.05, 3.63) is 30.3 Å². The van der Waals surface area contributed by atoms with Gasteiger partial charge in [0.05, 0.1) is 0 Å². The summed E-state index contributed by atoms with van der Waals surface area (Å²) in [5.41, 5.74) is 0. The van der Waals surface area contributed by atoms with Crippen molar-refractivity contribution >= 4 is 75.5 Å². The monoisotopic (exact) mass is 384 g/mol. The molecule has 19 heavy (non-hydrogen) atoms. The van der Waals surface area contributed by atoms with Crippen LogP contribution in [0.4, 0.5) is 0 Å². The van der Waals surface area contributed by atoms with Crippen LogP contribution in [-0.4, -0.2) is 70.3 Å². The van der Waals surface area contributed by atoms with Crippen LogP contribution in [0, 0.1) is 0 Å². The lowest BCUT2D eigenvalue weighted by Gasteiger charge is -2.07. The minimum absolute atomic E-state index is 0.601. The molecule has 1 aromatic carbocycles. The topological polar surface area (TPSA) is 55.4 Å². The summed E-state index contributed by atoms with van der Waals surface area (Å²) in [7, 11) is -3.98. The molecule has 0 fully saturated rings. The third kappa shape index (κ3) is 10.9. The van der Waals surface area contributed by atoms with Crippen molar-refractivity contribution in [3.8, 4) is 0 Å². The molecule has 6 nitrogen and oxygen atoms in total. The van der Waals surface area contributed by atoms with Gasteiger partial charge in [0.15, 0.2) is 9.76 Å². The lowest BCUT2D eigenvalue weighted by Crippen LogP contribution is -2.23. The smallest absolute Gasteiger partial charge is 0.286 e. The first kappa shape index (κ1) is 17.5. The van der Waals surface area contributed by atoms with Crippen molar-refractivity contribution in [1.29, 1.82) is 0 Å². The maximum absolute atomic E-state index is 5.64. The first-order valence-electron chi connectivity index (χ1n) is 5.85. The normalized spacial score (nSPS) is 14.7. The highest BCUT2D eigenvalue weighted by atomic mass is 28.4. The molecule has 0 saturated carbocycles. The standard InChI is InChI=1S/C6H20O6Si7/c13-7-15-9-17-11-19-12-18-10-16-8-14-6-4-2-1-3-5-6/h1-5H,14-19H2,13H3. The first-order chi connectivity index (χ1) is 9.43. The summed E-state index contributed by atoms with van der Waals surface area (Å²) in [6, 6.07) is 10.3. The van der Waals surface area contributed by atoms with Crippen LogP contribution in [0.25, 0.3) is 0 Å². The van der Waals surface area contributed by atoms with E-state index in [0.717, 1.165) is 10.5 Å². The summed E-state index contributed by atoms with van der Waals surface area (Å²) >= 11 is 0. The molecule has 0 unspecified atom stereocenters. The van der Waals surface area contributed by atoms with Crippen LogP contribution in [-0.2, 0) is 24.7 Å². The fraction of sp³-hybridized carbons (Fsp3) is 0. The van der Waals surface area contributed by atoms with Crippen LogP contribution < -0.4 is 5.19 Å². The Hall–Kier alpha value is 0.498. The molecule has 0 aliphatic heterocycles. The first-order valence-corrected chi connectivity index (χ1v) is 13.7. The van der Waals surface area contributed by atoms with E-state index in [0.29, 0.717) is 0 Å². The van der Waals surface area contributed by atoms with Crippen molar-refractivity contribution in [2.75, 3.05) is 0 Å². The van der Waals surface area contributed by atoms with Crippen molar-refractivity contribution < 1.29 is 24.7 Å². The van der Waals surface area contributed by atoms with Crippen LogP contribution in [0.2, 0.25) is 0 Å². The van der Waals surface area contributed by atoms with Gasteiger partial charge < -0.3 is 24.7 Å². The molecule has 0 bridgehead atoms. The van der Waals surface area contributed by atoms with Gasteiger partial charge in [-0.3, -0.25) is 0 Å². The van der Waals surface area contributed by atoms with E-state index in [1.807, 2.05) is 18.2 Å². The van der Waals surface area contributed by atoms with Crippen molar-refractivity contribution in [2.45, 2.75) is 0 Å².